The Labute approximate surface area is 142 Å². The normalized spacial score (nSPS) is 17.0. The average Bonchev–Trinajstić information content (AvgIpc) is 2.97. The van der Waals surface area contributed by atoms with Crippen LogP contribution in [-0.2, 0) is 11.3 Å². The molecule has 0 unspecified atom stereocenters. The quantitative estimate of drug-likeness (QED) is 0.905. The summed E-state index contributed by atoms with van der Waals surface area (Å²) in [6.07, 6.45) is 3.16. The van der Waals surface area contributed by atoms with E-state index in [1.54, 1.807) is 7.05 Å². The number of fused-ring (bicyclic) bond motifs is 1. The highest BCUT2D eigenvalue weighted by Crippen LogP contribution is 2.23. The van der Waals surface area contributed by atoms with Gasteiger partial charge in [-0.25, -0.2) is 4.79 Å². The summed E-state index contributed by atoms with van der Waals surface area (Å²) in [5, 5.41) is 14.6. The van der Waals surface area contributed by atoms with Crippen LogP contribution >= 0.6 is 0 Å². The first-order valence-electron chi connectivity index (χ1n) is 8.42. The number of urea groups is 1. The van der Waals surface area contributed by atoms with Gasteiger partial charge in [0.15, 0.2) is 0 Å². The molecule has 0 bridgehead atoms. The molecule has 1 aromatic heterocycles. The smallest absolute Gasteiger partial charge is 0.321 e. The molecule has 1 aromatic carbocycles. The van der Waals surface area contributed by atoms with Gasteiger partial charge in [0.2, 0.25) is 0 Å². The molecular weight excluding hydrogens is 306 g/mol. The number of carbonyl (C=O) groups is 1. The van der Waals surface area contributed by atoms with Gasteiger partial charge in [-0.1, -0.05) is 6.07 Å². The van der Waals surface area contributed by atoms with E-state index in [-0.39, 0.29) is 6.03 Å². The molecule has 24 heavy (non-hydrogen) atoms. The fraction of sp³-hybridized carbons (Fsp3) is 0.500. The number of rotatable bonds is 4. The van der Waals surface area contributed by atoms with E-state index >= 15 is 0 Å². The number of carbonyl (C=O) groups excluding carboxylic acids is 1. The Bertz CT molecular complexity index is 719. The van der Waals surface area contributed by atoms with Crippen molar-refractivity contribution in [3.8, 4) is 0 Å². The van der Waals surface area contributed by atoms with Gasteiger partial charge in [0, 0.05) is 51.5 Å². The van der Waals surface area contributed by atoms with E-state index in [9.17, 15) is 9.90 Å². The molecule has 0 spiro atoms. The third kappa shape index (κ3) is 3.55. The van der Waals surface area contributed by atoms with Crippen LogP contribution in [0.1, 0.15) is 19.8 Å². The molecule has 0 saturated carbocycles. The predicted octanol–water partition coefficient (Wildman–Crippen LogP) is 2.67. The maximum Gasteiger partial charge on any atom is 0.321 e. The number of nitrogens with one attached hydrogen (secondary N) is 1. The molecule has 1 fully saturated rings. The summed E-state index contributed by atoms with van der Waals surface area (Å²) in [4.78, 5) is 14.0. The second kappa shape index (κ2) is 6.83. The Balaban J connectivity index is 1.67. The van der Waals surface area contributed by atoms with Gasteiger partial charge in [0.05, 0.1) is 17.7 Å². The number of hydrogen-bond acceptors (Lipinski definition) is 3. The Morgan fingerprint density at radius 1 is 1.38 bits per heavy atom. The number of aryl methyl sites for hydroxylation is 1. The first-order chi connectivity index (χ1) is 11.5. The summed E-state index contributed by atoms with van der Waals surface area (Å²) >= 11 is 0. The standard InChI is InChI=1S/C18H25N3O3/c1-3-21-9-6-14-4-5-15(12-16(14)21)19-17(22)20(2)13-18(23)7-10-24-11-8-18/h4-6,9,12,23H,3,7-8,10-11,13H2,1-2H3,(H,19,22). The first-order valence-corrected chi connectivity index (χ1v) is 8.42. The van der Waals surface area contributed by atoms with E-state index in [4.69, 9.17) is 4.74 Å². The number of likely N-dealkylation sites (N-methyl/N-ethyl adjacent to an activating group) is 1. The topological polar surface area (TPSA) is 66.7 Å². The van der Waals surface area contributed by atoms with E-state index in [1.165, 1.54) is 4.90 Å². The molecular formula is C18H25N3O3. The lowest BCUT2D eigenvalue weighted by atomic mass is 9.94. The van der Waals surface area contributed by atoms with Crippen molar-refractivity contribution in [1.82, 2.24) is 9.47 Å². The second-order valence-corrected chi connectivity index (χ2v) is 6.50. The Morgan fingerprint density at radius 2 is 2.12 bits per heavy atom. The summed E-state index contributed by atoms with van der Waals surface area (Å²) in [7, 11) is 1.70. The summed E-state index contributed by atoms with van der Waals surface area (Å²) in [5.74, 6) is 0. The Morgan fingerprint density at radius 3 is 2.83 bits per heavy atom. The summed E-state index contributed by atoms with van der Waals surface area (Å²) in [5.41, 5.74) is 0.998. The SMILES string of the molecule is CCn1ccc2ccc(NC(=O)N(C)CC3(O)CCOCC3)cc21. The highest BCUT2D eigenvalue weighted by Gasteiger charge is 2.32. The van der Waals surface area contributed by atoms with Crippen LogP contribution in [0.5, 0.6) is 0 Å². The van der Waals surface area contributed by atoms with Gasteiger partial charge in [-0.05, 0) is 30.5 Å². The average molecular weight is 331 g/mol. The van der Waals surface area contributed by atoms with Crippen LogP contribution in [0, 0.1) is 0 Å². The molecule has 1 aliphatic heterocycles. The maximum absolute atomic E-state index is 12.4. The fourth-order valence-corrected chi connectivity index (χ4v) is 3.18. The lowest BCUT2D eigenvalue weighted by Crippen LogP contribution is -2.48. The molecule has 130 valence electrons. The second-order valence-electron chi connectivity index (χ2n) is 6.50. The lowest BCUT2D eigenvalue weighted by molar-refractivity contribution is -0.0717. The van der Waals surface area contributed by atoms with Crippen LogP contribution < -0.4 is 5.32 Å². The predicted molar refractivity (Wildman–Crippen MR) is 94.3 cm³/mol. The van der Waals surface area contributed by atoms with Crippen molar-refractivity contribution in [1.29, 1.82) is 0 Å². The summed E-state index contributed by atoms with van der Waals surface area (Å²) in [6.45, 7) is 4.35. The fourth-order valence-electron chi connectivity index (χ4n) is 3.18. The number of ether oxygens (including phenoxy) is 1. The van der Waals surface area contributed by atoms with Crippen molar-refractivity contribution in [2.75, 3.05) is 32.1 Å². The van der Waals surface area contributed by atoms with E-state index in [0.717, 1.165) is 23.1 Å². The number of anilines is 1. The van der Waals surface area contributed by atoms with Crippen molar-refractivity contribution in [3.05, 3.63) is 30.5 Å². The highest BCUT2D eigenvalue weighted by molar-refractivity contribution is 5.92. The third-order valence-electron chi connectivity index (χ3n) is 4.67. The highest BCUT2D eigenvalue weighted by atomic mass is 16.5. The first kappa shape index (κ1) is 16.8. The molecule has 2 heterocycles. The third-order valence-corrected chi connectivity index (χ3v) is 4.67. The monoisotopic (exact) mass is 331 g/mol. The zero-order chi connectivity index (χ0) is 17.2. The van der Waals surface area contributed by atoms with Gasteiger partial charge in [-0.15, -0.1) is 0 Å². The number of nitrogens with zero attached hydrogens (tertiary/aromatic N) is 2. The summed E-state index contributed by atoms with van der Waals surface area (Å²) < 4.78 is 7.41. The van der Waals surface area contributed by atoms with Crippen LogP contribution in [0.3, 0.4) is 0 Å². The van der Waals surface area contributed by atoms with Gasteiger partial charge >= 0.3 is 6.03 Å². The zero-order valence-electron chi connectivity index (χ0n) is 14.3. The number of aliphatic hydroxyl groups is 1. The summed E-state index contributed by atoms with van der Waals surface area (Å²) in [6, 6.07) is 7.73. The molecule has 6 heteroatoms. The van der Waals surface area contributed by atoms with Crippen molar-refractivity contribution >= 4 is 22.6 Å². The van der Waals surface area contributed by atoms with E-state index in [2.05, 4.69) is 22.9 Å². The molecule has 3 rings (SSSR count). The minimum atomic E-state index is -0.856. The molecule has 0 radical (unpaired) electrons. The molecule has 2 amide bonds. The number of hydrogen-bond donors (Lipinski definition) is 2. The van der Waals surface area contributed by atoms with Crippen LogP contribution in [0.2, 0.25) is 0 Å². The molecule has 0 atom stereocenters. The van der Waals surface area contributed by atoms with Gasteiger partial charge in [0.25, 0.3) is 0 Å². The number of aromatic nitrogens is 1. The minimum absolute atomic E-state index is 0.219. The molecule has 1 aliphatic rings. The lowest BCUT2D eigenvalue weighted by Gasteiger charge is -2.35. The number of benzene rings is 1. The van der Waals surface area contributed by atoms with E-state index < -0.39 is 5.60 Å². The molecule has 2 N–H and O–H groups in total. The Kier molecular flexibility index (Phi) is 4.78. The van der Waals surface area contributed by atoms with Gasteiger partial charge in [-0.3, -0.25) is 0 Å². The zero-order valence-corrected chi connectivity index (χ0v) is 14.3. The maximum atomic E-state index is 12.4. The van der Waals surface area contributed by atoms with Crippen molar-refractivity contribution < 1.29 is 14.6 Å². The van der Waals surface area contributed by atoms with Crippen LogP contribution in [0.15, 0.2) is 30.5 Å². The van der Waals surface area contributed by atoms with E-state index in [1.807, 2.05) is 24.4 Å². The largest absolute Gasteiger partial charge is 0.388 e. The van der Waals surface area contributed by atoms with Crippen LogP contribution in [0.4, 0.5) is 10.5 Å². The molecule has 0 aliphatic carbocycles. The van der Waals surface area contributed by atoms with Crippen molar-refractivity contribution in [2.45, 2.75) is 31.9 Å². The molecule has 1 saturated heterocycles. The molecule has 2 aromatic rings. The van der Waals surface area contributed by atoms with Crippen molar-refractivity contribution in [2.24, 2.45) is 0 Å². The van der Waals surface area contributed by atoms with Gasteiger partial charge in [-0.2, -0.15) is 0 Å². The Hall–Kier alpha value is -2.05. The minimum Gasteiger partial charge on any atom is -0.388 e. The number of amides is 2. The molecule has 6 nitrogen and oxygen atoms in total. The van der Waals surface area contributed by atoms with E-state index in [0.29, 0.717) is 32.6 Å². The van der Waals surface area contributed by atoms with Gasteiger partial charge in [0.1, 0.15) is 0 Å². The van der Waals surface area contributed by atoms with Crippen molar-refractivity contribution in [3.63, 3.8) is 0 Å². The van der Waals surface area contributed by atoms with Gasteiger partial charge < -0.3 is 24.6 Å². The van der Waals surface area contributed by atoms with Crippen LogP contribution in [0.25, 0.3) is 10.9 Å². The van der Waals surface area contributed by atoms with Crippen LogP contribution in [-0.4, -0.2) is 53.0 Å².